The molecule has 1 aliphatic heterocycles. The lowest BCUT2D eigenvalue weighted by atomic mass is 9.87. The Morgan fingerprint density at radius 1 is 1.21 bits per heavy atom. The molecule has 4 rings (SSSR count). The maximum Gasteiger partial charge on any atom is 0.273 e. The Kier molecular flexibility index (Phi) is 6.77. The van der Waals surface area contributed by atoms with Crippen LogP contribution in [0.15, 0.2) is 59.2 Å². The highest BCUT2D eigenvalue weighted by molar-refractivity contribution is 5.91. The van der Waals surface area contributed by atoms with Gasteiger partial charge in [0, 0.05) is 19.0 Å². The number of aromatic nitrogens is 1. The number of benzene rings is 2. The molecule has 0 saturated heterocycles. The second-order valence-electron chi connectivity index (χ2n) is 8.38. The van der Waals surface area contributed by atoms with Gasteiger partial charge in [-0.3, -0.25) is 9.59 Å². The molecule has 1 aromatic heterocycles. The number of nitrogens with one attached hydrogen (secondary N) is 1. The van der Waals surface area contributed by atoms with Gasteiger partial charge in [0.2, 0.25) is 11.8 Å². The van der Waals surface area contributed by atoms with E-state index in [-0.39, 0.29) is 36.1 Å². The van der Waals surface area contributed by atoms with Gasteiger partial charge in [-0.25, -0.2) is 4.98 Å². The Morgan fingerprint density at radius 2 is 2.00 bits per heavy atom. The zero-order valence-corrected chi connectivity index (χ0v) is 19.2. The highest BCUT2D eigenvalue weighted by Gasteiger charge is 2.33. The van der Waals surface area contributed by atoms with Crippen LogP contribution in [-0.4, -0.2) is 34.8 Å². The van der Waals surface area contributed by atoms with Crippen LogP contribution in [-0.2, 0) is 17.8 Å². The van der Waals surface area contributed by atoms with Crippen molar-refractivity contribution < 1.29 is 18.7 Å². The quantitative estimate of drug-likeness (QED) is 0.589. The molecule has 172 valence electrons. The molecule has 2 aromatic carbocycles. The molecule has 0 aliphatic carbocycles. The second kappa shape index (κ2) is 9.90. The van der Waals surface area contributed by atoms with Crippen molar-refractivity contribution in [2.24, 2.45) is 5.92 Å². The minimum atomic E-state index is -0.276. The van der Waals surface area contributed by atoms with E-state index in [9.17, 15) is 9.59 Å². The summed E-state index contributed by atoms with van der Waals surface area (Å²) >= 11 is 0. The number of carbonyl (C=O) groups excluding carboxylic acids is 2. The largest absolute Gasteiger partial charge is 0.484 e. The monoisotopic (exact) mass is 447 g/mol. The summed E-state index contributed by atoms with van der Waals surface area (Å²) in [4.78, 5) is 31.1. The second-order valence-corrected chi connectivity index (χ2v) is 8.38. The van der Waals surface area contributed by atoms with E-state index in [0.717, 1.165) is 17.5 Å². The van der Waals surface area contributed by atoms with E-state index < -0.39 is 0 Å². The normalized spacial score (nSPS) is 15.3. The molecule has 1 unspecified atom stereocenters. The first kappa shape index (κ1) is 22.6. The topological polar surface area (TPSA) is 84.7 Å². The fraction of sp³-hybridized carbons (Fsp3) is 0.346. The predicted molar refractivity (Wildman–Crippen MR) is 124 cm³/mol. The molecule has 7 nitrogen and oxygen atoms in total. The van der Waals surface area contributed by atoms with Crippen LogP contribution in [0.5, 0.6) is 5.75 Å². The minimum Gasteiger partial charge on any atom is -0.484 e. The van der Waals surface area contributed by atoms with Crippen LogP contribution < -0.4 is 10.1 Å². The van der Waals surface area contributed by atoms with Gasteiger partial charge in [0.05, 0.1) is 6.04 Å². The number of amides is 2. The minimum absolute atomic E-state index is 0.0821. The molecule has 1 atom stereocenters. The molecule has 0 radical (unpaired) electrons. The van der Waals surface area contributed by atoms with Crippen LogP contribution in [0.3, 0.4) is 0 Å². The van der Waals surface area contributed by atoms with E-state index in [2.05, 4.69) is 28.5 Å². The van der Waals surface area contributed by atoms with Crippen LogP contribution in [0.2, 0.25) is 0 Å². The van der Waals surface area contributed by atoms with Gasteiger partial charge in [-0.1, -0.05) is 50.2 Å². The first-order chi connectivity index (χ1) is 16.0. The number of hydrogen-bond acceptors (Lipinski definition) is 5. The fourth-order valence-electron chi connectivity index (χ4n) is 4.12. The van der Waals surface area contributed by atoms with Crippen molar-refractivity contribution in [2.75, 3.05) is 13.1 Å². The van der Waals surface area contributed by atoms with Crippen molar-refractivity contribution in [3.05, 3.63) is 83.1 Å². The van der Waals surface area contributed by atoms with Gasteiger partial charge in [-0.15, -0.1) is 0 Å². The van der Waals surface area contributed by atoms with Crippen molar-refractivity contribution in [2.45, 2.75) is 39.8 Å². The standard InChI is InChI=1S/C26H29N3O4/c1-4-27-25(30)22-15-33-23(28-22)16-32-20-11-10-18-12-13-29(26(31)17(2)3)24(21(18)14-20)19-8-6-5-7-9-19/h5-11,14-15,17,24H,4,12-13,16H2,1-3H3,(H,27,30). The Balaban J connectivity index is 1.59. The summed E-state index contributed by atoms with van der Waals surface area (Å²) in [6.45, 7) is 7.02. The summed E-state index contributed by atoms with van der Waals surface area (Å²) in [5.74, 6) is 0.762. The number of carbonyl (C=O) groups is 2. The smallest absolute Gasteiger partial charge is 0.273 e. The molecule has 2 amide bonds. The molecular formula is C26H29N3O4. The first-order valence-electron chi connectivity index (χ1n) is 11.3. The van der Waals surface area contributed by atoms with Crippen molar-refractivity contribution in [3.8, 4) is 5.75 Å². The van der Waals surface area contributed by atoms with Crippen LogP contribution in [0, 0.1) is 5.92 Å². The number of oxazole rings is 1. The van der Waals surface area contributed by atoms with Crippen LogP contribution in [0.25, 0.3) is 0 Å². The summed E-state index contributed by atoms with van der Waals surface area (Å²) < 4.78 is 11.3. The van der Waals surface area contributed by atoms with E-state index in [4.69, 9.17) is 9.15 Å². The molecule has 3 aromatic rings. The summed E-state index contributed by atoms with van der Waals surface area (Å²) in [5, 5.41) is 2.69. The van der Waals surface area contributed by atoms with Gasteiger partial charge in [0.1, 0.15) is 12.0 Å². The van der Waals surface area contributed by atoms with E-state index in [0.29, 0.717) is 24.7 Å². The first-order valence-corrected chi connectivity index (χ1v) is 11.3. The summed E-state index contributed by atoms with van der Waals surface area (Å²) in [6, 6.07) is 15.9. The van der Waals surface area contributed by atoms with Crippen molar-refractivity contribution in [1.29, 1.82) is 0 Å². The van der Waals surface area contributed by atoms with Gasteiger partial charge in [-0.2, -0.15) is 0 Å². The van der Waals surface area contributed by atoms with Crippen molar-refractivity contribution >= 4 is 11.8 Å². The van der Waals surface area contributed by atoms with Crippen molar-refractivity contribution in [3.63, 3.8) is 0 Å². The Morgan fingerprint density at radius 3 is 2.73 bits per heavy atom. The van der Waals surface area contributed by atoms with E-state index in [1.54, 1.807) is 0 Å². The van der Waals surface area contributed by atoms with Gasteiger partial charge in [0.25, 0.3) is 5.91 Å². The number of hydrogen-bond donors (Lipinski definition) is 1. The lowest BCUT2D eigenvalue weighted by Gasteiger charge is -2.39. The Labute approximate surface area is 193 Å². The zero-order valence-electron chi connectivity index (χ0n) is 19.2. The predicted octanol–water partition coefficient (Wildman–Crippen LogP) is 4.13. The third kappa shape index (κ3) is 4.92. The maximum atomic E-state index is 13.0. The van der Waals surface area contributed by atoms with Gasteiger partial charge in [0.15, 0.2) is 12.3 Å². The molecule has 0 bridgehead atoms. The molecule has 1 N–H and O–H groups in total. The molecule has 7 heteroatoms. The van der Waals surface area contributed by atoms with Crippen LogP contribution in [0.1, 0.15) is 59.9 Å². The molecule has 2 heterocycles. The average Bonchev–Trinajstić information content (AvgIpc) is 3.31. The summed E-state index contributed by atoms with van der Waals surface area (Å²) in [6.07, 6.45) is 2.13. The molecule has 0 fully saturated rings. The van der Waals surface area contributed by atoms with Crippen molar-refractivity contribution in [1.82, 2.24) is 15.2 Å². The Bertz CT molecular complexity index is 1120. The lowest BCUT2D eigenvalue weighted by molar-refractivity contribution is -0.136. The highest BCUT2D eigenvalue weighted by Crippen LogP contribution is 2.38. The fourth-order valence-corrected chi connectivity index (χ4v) is 4.12. The van der Waals surface area contributed by atoms with Crippen LogP contribution in [0.4, 0.5) is 0 Å². The van der Waals surface area contributed by atoms with Gasteiger partial charge >= 0.3 is 0 Å². The lowest BCUT2D eigenvalue weighted by Crippen LogP contribution is -2.42. The molecule has 1 aliphatic rings. The molecule has 0 saturated carbocycles. The molecule has 0 spiro atoms. The molecular weight excluding hydrogens is 418 g/mol. The highest BCUT2D eigenvalue weighted by atomic mass is 16.5. The third-order valence-electron chi connectivity index (χ3n) is 5.72. The maximum absolute atomic E-state index is 13.0. The Hall–Kier alpha value is -3.61. The van der Waals surface area contributed by atoms with E-state index >= 15 is 0 Å². The number of ether oxygens (including phenoxy) is 1. The van der Waals surface area contributed by atoms with Crippen LogP contribution >= 0.6 is 0 Å². The van der Waals surface area contributed by atoms with E-state index in [1.165, 1.54) is 11.8 Å². The zero-order chi connectivity index (χ0) is 23.4. The number of nitrogens with zero attached hydrogens (tertiary/aromatic N) is 2. The average molecular weight is 448 g/mol. The van der Waals surface area contributed by atoms with Gasteiger partial charge in [-0.05, 0) is 42.2 Å². The third-order valence-corrected chi connectivity index (χ3v) is 5.72. The summed E-state index contributed by atoms with van der Waals surface area (Å²) in [7, 11) is 0. The van der Waals surface area contributed by atoms with Gasteiger partial charge < -0.3 is 19.4 Å². The summed E-state index contributed by atoms with van der Waals surface area (Å²) in [5.41, 5.74) is 3.57. The number of fused-ring (bicyclic) bond motifs is 1. The van der Waals surface area contributed by atoms with E-state index in [1.807, 2.05) is 56.0 Å². The molecule has 33 heavy (non-hydrogen) atoms. The SMILES string of the molecule is CCNC(=O)c1coc(COc2ccc3c(c2)C(c2ccccc2)N(C(=O)C(C)C)CC3)n1. The number of rotatable bonds is 7.